The largest absolute Gasteiger partial charge is 0.398 e. The van der Waals surface area contributed by atoms with Gasteiger partial charge in [-0.1, -0.05) is 17.7 Å². The summed E-state index contributed by atoms with van der Waals surface area (Å²) >= 11 is 5.73. The molecule has 0 aliphatic rings. The van der Waals surface area contributed by atoms with Crippen molar-refractivity contribution in [2.45, 2.75) is 18.7 Å². The van der Waals surface area contributed by atoms with Gasteiger partial charge in [0.05, 0.1) is 5.69 Å². The lowest BCUT2D eigenvalue weighted by Gasteiger charge is -2.12. The third kappa shape index (κ3) is 3.02. The third-order valence-corrected chi connectivity index (χ3v) is 4.49. The molecule has 0 saturated heterocycles. The van der Waals surface area contributed by atoms with Gasteiger partial charge in [-0.25, -0.2) is 13.4 Å². The number of halogens is 1. The van der Waals surface area contributed by atoms with Crippen LogP contribution in [0.3, 0.4) is 0 Å². The molecule has 0 amide bonds. The maximum Gasteiger partial charge on any atom is 0.265 e. The molecule has 0 aliphatic carbocycles. The molecule has 0 unspecified atom stereocenters. The highest BCUT2D eigenvalue weighted by Gasteiger charge is 2.19. The summed E-state index contributed by atoms with van der Waals surface area (Å²) < 4.78 is 27.0. The van der Waals surface area contributed by atoms with Crippen LogP contribution in [0.4, 0.5) is 11.5 Å². The fourth-order valence-electron chi connectivity index (χ4n) is 1.70. The highest BCUT2D eigenvalue weighted by molar-refractivity contribution is 7.92. The molecule has 20 heavy (non-hydrogen) atoms. The van der Waals surface area contributed by atoms with Gasteiger partial charge in [-0.15, -0.1) is 0 Å². The Labute approximate surface area is 122 Å². The Bertz CT molecular complexity index is 760. The van der Waals surface area contributed by atoms with E-state index in [0.29, 0.717) is 0 Å². The molecular formula is C13H14ClN3O2S. The van der Waals surface area contributed by atoms with Crippen LogP contribution in [0.1, 0.15) is 11.1 Å². The summed E-state index contributed by atoms with van der Waals surface area (Å²) in [4.78, 5) is 3.92. The molecule has 0 atom stereocenters. The second-order valence-electron chi connectivity index (χ2n) is 4.43. The fraction of sp³-hybridized carbons (Fsp3) is 0.154. The number of anilines is 2. The Hall–Kier alpha value is -1.79. The predicted molar refractivity (Wildman–Crippen MR) is 80.4 cm³/mol. The summed E-state index contributed by atoms with van der Waals surface area (Å²) in [6.07, 6.45) is 0. The van der Waals surface area contributed by atoms with E-state index in [2.05, 4.69) is 9.71 Å². The zero-order valence-electron chi connectivity index (χ0n) is 11.0. The average molecular weight is 312 g/mol. The second-order valence-corrected chi connectivity index (χ2v) is 6.46. The van der Waals surface area contributed by atoms with E-state index in [9.17, 15) is 8.42 Å². The summed E-state index contributed by atoms with van der Waals surface area (Å²) in [5.74, 6) is 0.148. The van der Waals surface area contributed by atoms with Gasteiger partial charge in [0.2, 0.25) is 0 Å². The summed E-state index contributed by atoms with van der Waals surface area (Å²) in [5.41, 5.74) is 7.77. The Morgan fingerprint density at radius 1 is 1.20 bits per heavy atom. The molecular weight excluding hydrogens is 298 g/mol. The Kier molecular flexibility index (Phi) is 3.87. The Balaban J connectivity index is 2.43. The maximum atomic E-state index is 12.3. The van der Waals surface area contributed by atoms with Gasteiger partial charge in [0.1, 0.15) is 15.9 Å². The van der Waals surface area contributed by atoms with Crippen LogP contribution in [0.5, 0.6) is 0 Å². The molecule has 0 aliphatic heterocycles. The van der Waals surface area contributed by atoms with Gasteiger partial charge in [0, 0.05) is 0 Å². The number of nitrogens with one attached hydrogen (secondary N) is 1. The van der Waals surface area contributed by atoms with E-state index in [1.54, 1.807) is 18.2 Å². The minimum absolute atomic E-state index is 0.0300. The van der Waals surface area contributed by atoms with Crippen LogP contribution in [0.25, 0.3) is 0 Å². The van der Waals surface area contributed by atoms with Gasteiger partial charge in [0.25, 0.3) is 10.0 Å². The molecule has 0 spiro atoms. The number of pyridine rings is 1. The summed E-state index contributed by atoms with van der Waals surface area (Å²) in [7, 11) is -3.80. The lowest BCUT2D eigenvalue weighted by atomic mass is 10.1. The molecule has 5 nitrogen and oxygen atoms in total. The first-order valence-electron chi connectivity index (χ1n) is 5.82. The van der Waals surface area contributed by atoms with Crippen LogP contribution in [0.2, 0.25) is 5.15 Å². The van der Waals surface area contributed by atoms with E-state index in [0.717, 1.165) is 11.1 Å². The molecule has 0 bridgehead atoms. The van der Waals surface area contributed by atoms with Gasteiger partial charge in [-0.05, 0) is 49.2 Å². The van der Waals surface area contributed by atoms with Crippen molar-refractivity contribution >= 4 is 33.1 Å². The molecule has 1 aromatic carbocycles. The lowest BCUT2D eigenvalue weighted by Crippen LogP contribution is -2.16. The normalized spacial score (nSPS) is 11.3. The molecule has 106 valence electrons. The molecule has 3 N–H and O–H groups in total. The molecule has 2 rings (SSSR count). The van der Waals surface area contributed by atoms with Gasteiger partial charge in [-0.2, -0.15) is 0 Å². The number of nitrogen functional groups attached to an aromatic ring is 1. The van der Waals surface area contributed by atoms with Gasteiger partial charge in [-0.3, -0.25) is 4.72 Å². The average Bonchev–Trinajstić information content (AvgIpc) is 2.33. The quantitative estimate of drug-likeness (QED) is 0.674. The minimum atomic E-state index is -3.80. The van der Waals surface area contributed by atoms with Crippen LogP contribution in [-0.4, -0.2) is 13.4 Å². The zero-order chi connectivity index (χ0) is 14.9. The van der Waals surface area contributed by atoms with Crippen molar-refractivity contribution in [1.29, 1.82) is 0 Å². The molecule has 1 heterocycles. The monoisotopic (exact) mass is 311 g/mol. The fourth-order valence-corrected chi connectivity index (χ4v) is 3.07. The van der Waals surface area contributed by atoms with Crippen molar-refractivity contribution in [1.82, 2.24) is 4.98 Å². The van der Waals surface area contributed by atoms with Crippen molar-refractivity contribution in [3.05, 3.63) is 46.6 Å². The van der Waals surface area contributed by atoms with Gasteiger partial charge >= 0.3 is 0 Å². The van der Waals surface area contributed by atoms with Crippen molar-refractivity contribution in [3.8, 4) is 0 Å². The first-order valence-corrected chi connectivity index (χ1v) is 7.68. The summed E-state index contributed by atoms with van der Waals surface area (Å²) in [6.45, 7) is 3.69. The first-order chi connectivity index (χ1) is 9.29. The molecule has 0 radical (unpaired) electrons. The molecule has 1 aromatic heterocycles. The number of aryl methyl sites for hydroxylation is 2. The number of benzene rings is 1. The summed E-state index contributed by atoms with van der Waals surface area (Å²) in [5, 5.41) is 0.207. The van der Waals surface area contributed by atoms with Crippen LogP contribution in [0.15, 0.2) is 35.2 Å². The highest BCUT2D eigenvalue weighted by atomic mass is 35.5. The molecule has 0 fully saturated rings. The van der Waals surface area contributed by atoms with E-state index < -0.39 is 10.0 Å². The van der Waals surface area contributed by atoms with E-state index in [1.807, 2.05) is 13.8 Å². The number of nitrogens with two attached hydrogens (primary N) is 1. The Morgan fingerprint density at radius 3 is 2.50 bits per heavy atom. The minimum Gasteiger partial charge on any atom is -0.398 e. The second kappa shape index (κ2) is 5.30. The number of hydrogen-bond donors (Lipinski definition) is 2. The van der Waals surface area contributed by atoms with Crippen LogP contribution in [-0.2, 0) is 10.0 Å². The predicted octanol–water partition coefficient (Wildman–Crippen LogP) is 2.73. The van der Waals surface area contributed by atoms with Gasteiger partial charge in [0.15, 0.2) is 0 Å². The van der Waals surface area contributed by atoms with Crippen molar-refractivity contribution in [2.75, 3.05) is 10.5 Å². The van der Waals surface area contributed by atoms with Crippen molar-refractivity contribution in [2.24, 2.45) is 0 Å². The van der Waals surface area contributed by atoms with Crippen molar-refractivity contribution < 1.29 is 8.42 Å². The van der Waals surface area contributed by atoms with Gasteiger partial charge < -0.3 is 5.73 Å². The smallest absolute Gasteiger partial charge is 0.265 e. The van der Waals surface area contributed by atoms with Crippen molar-refractivity contribution in [3.63, 3.8) is 0 Å². The SMILES string of the molecule is Cc1cc(N)c(S(=O)(=O)Nc2cccc(Cl)n2)cc1C. The first kappa shape index (κ1) is 14.6. The zero-order valence-corrected chi connectivity index (χ0v) is 12.6. The van der Waals surface area contributed by atoms with E-state index in [1.165, 1.54) is 12.1 Å². The number of sulfonamides is 1. The standard InChI is InChI=1S/C13H14ClN3O2S/c1-8-6-10(15)11(7-9(8)2)20(18,19)17-13-5-3-4-12(14)16-13/h3-7H,15H2,1-2H3,(H,16,17). The molecule has 2 aromatic rings. The van der Waals surface area contributed by atoms with E-state index in [4.69, 9.17) is 17.3 Å². The third-order valence-electron chi connectivity index (χ3n) is 2.87. The topological polar surface area (TPSA) is 85.1 Å². The Morgan fingerprint density at radius 2 is 1.85 bits per heavy atom. The summed E-state index contributed by atoms with van der Waals surface area (Å²) in [6, 6.07) is 7.86. The number of nitrogens with zero attached hydrogens (tertiary/aromatic N) is 1. The molecule has 0 saturated carbocycles. The lowest BCUT2D eigenvalue weighted by molar-refractivity contribution is 0.601. The van der Waals surface area contributed by atoms with Crippen LogP contribution < -0.4 is 10.5 Å². The number of hydrogen-bond acceptors (Lipinski definition) is 4. The maximum absolute atomic E-state index is 12.3. The number of aromatic nitrogens is 1. The molecule has 7 heteroatoms. The number of rotatable bonds is 3. The van der Waals surface area contributed by atoms with E-state index >= 15 is 0 Å². The van der Waals surface area contributed by atoms with Crippen LogP contribution in [0, 0.1) is 13.8 Å². The van der Waals surface area contributed by atoms with E-state index in [-0.39, 0.29) is 21.6 Å². The van der Waals surface area contributed by atoms with Crippen LogP contribution >= 0.6 is 11.6 Å². The highest BCUT2D eigenvalue weighted by Crippen LogP contribution is 2.24.